The number of aromatic nitrogens is 4. The number of nitrogens with zero attached hydrogens (tertiary/aromatic N) is 4. The number of aliphatic hydroxyl groups is 2. The van der Waals surface area contributed by atoms with Gasteiger partial charge in [-0.25, -0.2) is 15.0 Å². The van der Waals surface area contributed by atoms with E-state index in [1.807, 2.05) is 26.0 Å². The Morgan fingerprint density at radius 2 is 2.03 bits per heavy atom. The molecule has 0 saturated carbocycles. The van der Waals surface area contributed by atoms with E-state index in [4.69, 9.17) is 26.3 Å². The first kappa shape index (κ1) is 24.9. The molecule has 0 spiro atoms. The van der Waals surface area contributed by atoms with E-state index in [2.05, 4.69) is 28.7 Å². The van der Waals surface area contributed by atoms with Crippen LogP contribution in [0, 0.1) is 6.92 Å². The van der Waals surface area contributed by atoms with Crippen LogP contribution in [0.25, 0.3) is 22.3 Å². The summed E-state index contributed by atoms with van der Waals surface area (Å²) in [6, 6.07) is 3.91. The minimum Gasteiger partial charge on any atom is -0.388 e. The number of aliphatic hydroxyl groups excluding tert-OH is 1. The number of rotatable bonds is 6. The molecule has 1 aliphatic heterocycles. The summed E-state index contributed by atoms with van der Waals surface area (Å²) in [6.45, 7) is 12.2. The lowest BCUT2D eigenvalue weighted by Gasteiger charge is -2.34. The number of fused-ring (bicyclic) bond motifs is 1. The second-order valence-electron chi connectivity index (χ2n) is 9.86. The van der Waals surface area contributed by atoms with Crippen molar-refractivity contribution in [1.82, 2.24) is 19.5 Å². The third-order valence-electron chi connectivity index (χ3n) is 6.34. The summed E-state index contributed by atoms with van der Waals surface area (Å²) in [6.07, 6.45) is 2.14. The summed E-state index contributed by atoms with van der Waals surface area (Å²) in [4.78, 5) is 13.8. The molecule has 3 aromatic rings. The van der Waals surface area contributed by atoms with E-state index in [0.29, 0.717) is 35.5 Å². The Bertz CT molecular complexity index is 1190. The van der Waals surface area contributed by atoms with Crippen molar-refractivity contribution in [2.45, 2.75) is 84.3 Å². The SMILES string of the molecule is CC[C@H]1OCC[C@H](Nc2ncc(Cl)c(-c3cc(C)c4nc(C(C)(C)O)n(C(C)C)c4c3)n2)[C@H]1O. The molecule has 3 atom stereocenters. The number of imidazole rings is 1. The van der Waals surface area contributed by atoms with Crippen molar-refractivity contribution >= 4 is 28.6 Å². The van der Waals surface area contributed by atoms with Gasteiger partial charge in [0, 0.05) is 18.2 Å². The smallest absolute Gasteiger partial charge is 0.223 e. The maximum atomic E-state index is 10.7. The average molecular weight is 488 g/mol. The van der Waals surface area contributed by atoms with Crippen LogP contribution in [0.3, 0.4) is 0 Å². The van der Waals surface area contributed by atoms with Crippen LogP contribution in [0.15, 0.2) is 18.3 Å². The fraction of sp³-hybridized carbons (Fsp3) is 0.560. The van der Waals surface area contributed by atoms with Gasteiger partial charge in [0.25, 0.3) is 0 Å². The molecule has 4 rings (SSSR count). The summed E-state index contributed by atoms with van der Waals surface area (Å²) in [5, 5.41) is 25.1. The predicted molar refractivity (Wildman–Crippen MR) is 134 cm³/mol. The molecule has 1 aromatic carbocycles. The van der Waals surface area contributed by atoms with Crippen molar-refractivity contribution in [2.24, 2.45) is 0 Å². The summed E-state index contributed by atoms with van der Waals surface area (Å²) in [5.74, 6) is 1.03. The van der Waals surface area contributed by atoms with Gasteiger partial charge in [0.05, 0.1) is 40.1 Å². The zero-order valence-electron chi connectivity index (χ0n) is 20.6. The summed E-state index contributed by atoms with van der Waals surface area (Å²) in [7, 11) is 0. The lowest BCUT2D eigenvalue weighted by Crippen LogP contribution is -2.48. The van der Waals surface area contributed by atoms with Gasteiger partial charge in [0.1, 0.15) is 17.5 Å². The predicted octanol–water partition coefficient (Wildman–Crippen LogP) is 4.60. The van der Waals surface area contributed by atoms with Gasteiger partial charge in [-0.2, -0.15) is 0 Å². The highest BCUT2D eigenvalue weighted by Crippen LogP contribution is 2.35. The van der Waals surface area contributed by atoms with Gasteiger partial charge in [0.15, 0.2) is 0 Å². The lowest BCUT2D eigenvalue weighted by molar-refractivity contribution is -0.0808. The van der Waals surface area contributed by atoms with Crippen molar-refractivity contribution in [3.05, 3.63) is 34.7 Å². The molecule has 1 aliphatic rings. The molecule has 34 heavy (non-hydrogen) atoms. The third kappa shape index (κ3) is 4.64. The van der Waals surface area contributed by atoms with Crippen LogP contribution in [-0.2, 0) is 10.3 Å². The monoisotopic (exact) mass is 487 g/mol. The first-order valence-electron chi connectivity index (χ1n) is 11.9. The maximum absolute atomic E-state index is 10.7. The van der Waals surface area contributed by atoms with Gasteiger partial charge >= 0.3 is 0 Å². The lowest BCUT2D eigenvalue weighted by atomic mass is 9.98. The van der Waals surface area contributed by atoms with Gasteiger partial charge in [-0.15, -0.1) is 0 Å². The van der Waals surface area contributed by atoms with Crippen molar-refractivity contribution in [1.29, 1.82) is 0 Å². The highest BCUT2D eigenvalue weighted by molar-refractivity contribution is 6.33. The third-order valence-corrected chi connectivity index (χ3v) is 6.61. The summed E-state index contributed by atoms with van der Waals surface area (Å²) >= 11 is 6.55. The van der Waals surface area contributed by atoms with Crippen LogP contribution in [0.5, 0.6) is 0 Å². The number of ether oxygens (including phenoxy) is 1. The fourth-order valence-electron chi connectivity index (χ4n) is 4.65. The zero-order chi connectivity index (χ0) is 24.8. The van der Waals surface area contributed by atoms with E-state index in [1.54, 1.807) is 20.0 Å². The van der Waals surface area contributed by atoms with Crippen LogP contribution in [0.4, 0.5) is 5.95 Å². The number of aryl methyl sites for hydroxylation is 1. The van der Waals surface area contributed by atoms with Crippen molar-refractivity contribution < 1.29 is 14.9 Å². The second kappa shape index (κ2) is 9.41. The quantitative estimate of drug-likeness (QED) is 0.466. The summed E-state index contributed by atoms with van der Waals surface area (Å²) in [5.41, 5.74) is 3.07. The molecule has 8 nitrogen and oxygen atoms in total. The normalized spacial score (nSPS) is 21.4. The minimum absolute atomic E-state index is 0.0979. The van der Waals surface area contributed by atoms with Crippen molar-refractivity contribution in [3.63, 3.8) is 0 Å². The molecule has 0 aliphatic carbocycles. The number of hydrogen-bond acceptors (Lipinski definition) is 7. The Labute approximate surface area is 205 Å². The number of halogens is 1. The molecule has 0 radical (unpaired) electrons. The standard InChI is InChI=1S/C25H34ClN5O3/c1-7-19-22(32)17(8-9-34-19)28-24-27-12-16(26)21(30-24)15-10-14(4)20-18(11-15)31(13(2)3)23(29-20)25(5,6)33/h10-13,17,19,22,32-33H,7-9H2,1-6H3,(H,27,28,30)/t17-,19+,22+/m0/s1. The Hall–Kier alpha value is -2.26. The number of anilines is 1. The first-order valence-corrected chi connectivity index (χ1v) is 12.2. The Morgan fingerprint density at radius 1 is 1.29 bits per heavy atom. The van der Waals surface area contributed by atoms with Crippen LogP contribution in [0.1, 0.15) is 64.9 Å². The van der Waals surface area contributed by atoms with E-state index in [-0.39, 0.29) is 18.2 Å². The molecule has 1 saturated heterocycles. The highest BCUT2D eigenvalue weighted by atomic mass is 35.5. The van der Waals surface area contributed by atoms with Crippen LogP contribution in [0.2, 0.25) is 5.02 Å². The Morgan fingerprint density at radius 3 is 2.68 bits per heavy atom. The molecule has 0 bridgehead atoms. The van der Waals surface area contributed by atoms with E-state index < -0.39 is 11.7 Å². The van der Waals surface area contributed by atoms with Crippen molar-refractivity contribution in [3.8, 4) is 11.3 Å². The molecule has 2 aromatic heterocycles. The van der Waals surface area contributed by atoms with Gasteiger partial charge in [-0.1, -0.05) is 18.5 Å². The molecule has 184 valence electrons. The fourth-order valence-corrected chi connectivity index (χ4v) is 4.85. The first-order chi connectivity index (χ1) is 16.0. The number of benzene rings is 1. The molecule has 0 unspecified atom stereocenters. The Balaban J connectivity index is 1.76. The largest absolute Gasteiger partial charge is 0.388 e. The molecule has 3 N–H and O–H groups in total. The highest BCUT2D eigenvalue weighted by Gasteiger charge is 2.32. The van der Waals surface area contributed by atoms with Gasteiger partial charge in [-0.3, -0.25) is 0 Å². The molecular weight excluding hydrogens is 454 g/mol. The van der Waals surface area contributed by atoms with Crippen LogP contribution in [-0.4, -0.2) is 54.6 Å². The molecule has 0 amide bonds. The van der Waals surface area contributed by atoms with E-state index in [9.17, 15) is 10.2 Å². The van der Waals surface area contributed by atoms with E-state index >= 15 is 0 Å². The van der Waals surface area contributed by atoms with Gasteiger partial charge in [-0.05, 0) is 65.2 Å². The van der Waals surface area contributed by atoms with Crippen LogP contribution >= 0.6 is 11.6 Å². The number of hydrogen-bond donors (Lipinski definition) is 3. The maximum Gasteiger partial charge on any atom is 0.223 e. The van der Waals surface area contributed by atoms with E-state index in [1.165, 1.54) is 0 Å². The molecule has 3 heterocycles. The zero-order valence-corrected chi connectivity index (χ0v) is 21.4. The van der Waals surface area contributed by atoms with E-state index in [0.717, 1.165) is 28.6 Å². The van der Waals surface area contributed by atoms with Crippen molar-refractivity contribution in [2.75, 3.05) is 11.9 Å². The Kier molecular flexibility index (Phi) is 6.88. The summed E-state index contributed by atoms with van der Waals surface area (Å²) < 4.78 is 7.71. The van der Waals surface area contributed by atoms with Gasteiger partial charge in [0.2, 0.25) is 5.95 Å². The topological polar surface area (TPSA) is 105 Å². The minimum atomic E-state index is -1.08. The number of nitrogens with one attached hydrogen (secondary N) is 1. The second-order valence-corrected chi connectivity index (χ2v) is 10.3. The molecular formula is C25H34ClN5O3. The van der Waals surface area contributed by atoms with Gasteiger partial charge < -0.3 is 24.8 Å². The average Bonchev–Trinajstić information content (AvgIpc) is 3.17. The van der Waals surface area contributed by atoms with Crippen LogP contribution < -0.4 is 5.32 Å². The molecule has 9 heteroatoms. The molecule has 1 fully saturated rings.